The Bertz CT molecular complexity index is 429. The molecule has 19 heavy (non-hydrogen) atoms. The van der Waals surface area contributed by atoms with Gasteiger partial charge in [-0.2, -0.15) is 16.9 Å². The van der Waals surface area contributed by atoms with Gasteiger partial charge in [-0.25, -0.2) is 0 Å². The zero-order chi connectivity index (χ0) is 13.2. The van der Waals surface area contributed by atoms with Gasteiger partial charge in [0.15, 0.2) is 0 Å². The maximum absolute atomic E-state index is 4.44. The van der Waals surface area contributed by atoms with Crippen LogP contribution in [0.4, 0.5) is 0 Å². The average molecular weight is 279 g/mol. The largest absolute Gasteiger partial charge is 0.307 e. The molecule has 0 bridgehead atoms. The van der Waals surface area contributed by atoms with Gasteiger partial charge in [-0.1, -0.05) is 6.92 Å². The summed E-state index contributed by atoms with van der Waals surface area (Å²) in [6.45, 7) is 2.27. The van der Waals surface area contributed by atoms with Gasteiger partial charge in [0.25, 0.3) is 0 Å². The molecule has 0 amide bonds. The van der Waals surface area contributed by atoms with E-state index < -0.39 is 0 Å². The van der Waals surface area contributed by atoms with E-state index in [2.05, 4.69) is 47.0 Å². The summed E-state index contributed by atoms with van der Waals surface area (Å²) >= 11 is 2.14. The van der Waals surface area contributed by atoms with Crippen molar-refractivity contribution >= 4 is 11.8 Å². The van der Waals surface area contributed by atoms with Crippen molar-refractivity contribution in [3.63, 3.8) is 0 Å². The molecule has 1 fully saturated rings. The van der Waals surface area contributed by atoms with Gasteiger partial charge in [0, 0.05) is 35.6 Å². The molecule has 0 unspecified atom stereocenters. The van der Waals surface area contributed by atoms with Crippen LogP contribution in [0, 0.1) is 0 Å². The molecule has 2 aliphatic rings. The molecule has 2 aliphatic carbocycles. The van der Waals surface area contributed by atoms with Crippen LogP contribution in [0.3, 0.4) is 0 Å². The van der Waals surface area contributed by atoms with Crippen LogP contribution < -0.4 is 5.32 Å². The lowest BCUT2D eigenvalue weighted by Gasteiger charge is -2.27. The first-order chi connectivity index (χ1) is 9.28. The molecule has 0 spiro atoms. The van der Waals surface area contributed by atoms with Gasteiger partial charge in [-0.3, -0.25) is 4.68 Å². The van der Waals surface area contributed by atoms with E-state index in [-0.39, 0.29) is 0 Å². The lowest BCUT2D eigenvalue weighted by Crippen LogP contribution is -2.33. The Morgan fingerprint density at radius 1 is 1.42 bits per heavy atom. The highest BCUT2D eigenvalue weighted by Gasteiger charge is 2.29. The zero-order valence-corrected chi connectivity index (χ0v) is 12.9. The molecule has 0 radical (unpaired) electrons. The summed E-state index contributed by atoms with van der Waals surface area (Å²) in [6.07, 6.45) is 9.95. The Hall–Kier alpha value is -0.480. The molecule has 1 N–H and O–H groups in total. The van der Waals surface area contributed by atoms with E-state index in [1.807, 2.05) is 0 Å². The first-order valence-electron chi connectivity index (χ1n) is 7.66. The van der Waals surface area contributed by atoms with Crippen molar-refractivity contribution in [3.05, 3.63) is 17.5 Å². The number of hydrogen-bond acceptors (Lipinski definition) is 3. The van der Waals surface area contributed by atoms with Crippen molar-refractivity contribution < 1.29 is 0 Å². The number of aryl methyl sites for hydroxylation is 1. The van der Waals surface area contributed by atoms with E-state index in [1.165, 1.54) is 55.5 Å². The smallest absolute Gasteiger partial charge is 0.0540 e. The van der Waals surface area contributed by atoms with Crippen molar-refractivity contribution in [2.45, 2.75) is 62.8 Å². The van der Waals surface area contributed by atoms with Crippen LogP contribution in [-0.2, 0) is 13.5 Å². The summed E-state index contributed by atoms with van der Waals surface area (Å²) in [6, 6.07) is 1.27. The lowest BCUT2D eigenvalue weighted by molar-refractivity contribution is 0.394. The van der Waals surface area contributed by atoms with Crippen LogP contribution >= 0.6 is 11.8 Å². The van der Waals surface area contributed by atoms with E-state index in [4.69, 9.17) is 0 Å². The van der Waals surface area contributed by atoms with Crippen LogP contribution in [0.5, 0.6) is 0 Å². The number of rotatable bonds is 4. The molecule has 1 aromatic rings. The van der Waals surface area contributed by atoms with Crippen molar-refractivity contribution in [3.8, 4) is 0 Å². The highest BCUT2D eigenvalue weighted by Crippen LogP contribution is 2.34. The summed E-state index contributed by atoms with van der Waals surface area (Å²) in [7, 11) is 2.07. The molecule has 0 saturated heterocycles. The van der Waals surface area contributed by atoms with Gasteiger partial charge in [0.2, 0.25) is 0 Å². The summed E-state index contributed by atoms with van der Waals surface area (Å²) in [5.74, 6) is 1.26. The van der Waals surface area contributed by atoms with E-state index in [0.717, 1.165) is 11.3 Å². The molecular formula is C15H25N3S. The topological polar surface area (TPSA) is 29.9 Å². The van der Waals surface area contributed by atoms with E-state index in [0.29, 0.717) is 6.04 Å². The van der Waals surface area contributed by atoms with Crippen LogP contribution in [0.1, 0.15) is 56.3 Å². The van der Waals surface area contributed by atoms with Crippen LogP contribution in [-0.4, -0.2) is 26.8 Å². The Morgan fingerprint density at radius 3 is 3.16 bits per heavy atom. The normalized spacial score (nSPS) is 30.5. The maximum atomic E-state index is 4.44. The number of aromatic nitrogens is 2. The second-order valence-electron chi connectivity index (χ2n) is 5.87. The molecule has 3 nitrogen and oxygen atoms in total. The fourth-order valence-corrected chi connectivity index (χ4v) is 4.78. The Balaban J connectivity index is 1.62. The standard InChI is InChI=1S/C15H25N3S/c1-3-19-12-8-7-11(9-12)17-14-5-4-6-15-13(14)10-16-18(15)2/h10-12,14,17H,3-9H2,1-2H3/t11-,12-,14+/m1/s1. The number of nitrogens with zero attached hydrogens (tertiary/aromatic N) is 2. The molecule has 0 aromatic carbocycles. The summed E-state index contributed by atoms with van der Waals surface area (Å²) in [5.41, 5.74) is 2.90. The minimum Gasteiger partial charge on any atom is -0.307 e. The zero-order valence-electron chi connectivity index (χ0n) is 12.1. The second-order valence-corrected chi connectivity index (χ2v) is 7.45. The predicted octanol–water partition coefficient (Wildman–Crippen LogP) is 3.06. The quantitative estimate of drug-likeness (QED) is 0.918. The molecule has 4 heteroatoms. The third-order valence-electron chi connectivity index (χ3n) is 4.60. The molecule has 3 rings (SSSR count). The van der Waals surface area contributed by atoms with Crippen molar-refractivity contribution in [1.82, 2.24) is 15.1 Å². The van der Waals surface area contributed by atoms with Crippen molar-refractivity contribution in [2.75, 3.05) is 5.75 Å². The third-order valence-corrected chi connectivity index (χ3v) is 5.83. The highest BCUT2D eigenvalue weighted by molar-refractivity contribution is 7.99. The van der Waals surface area contributed by atoms with E-state index in [9.17, 15) is 0 Å². The van der Waals surface area contributed by atoms with Crippen LogP contribution in [0.2, 0.25) is 0 Å². The number of thioether (sulfide) groups is 1. The summed E-state index contributed by atoms with van der Waals surface area (Å²) in [5, 5.41) is 9.24. The van der Waals surface area contributed by atoms with Gasteiger partial charge in [-0.05, 0) is 44.3 Å². The van der Waals surface area contributed by atoms with Crippen LogP contribution in [0.15, 0.2) is 6.20 Å². The number of fused-ring (bicyclic) bond motifs is 1. The molecule has 1 saturated carbocycles. The summed E-state index contributed by atoms with van der Waals surface area (Å²) in [4.78, 5) is 0. The van der Waals surface area contributed by atoms with Gasteiger partial charge in [0.05, 0.1) is 6.20 Å². The number of nitrogens with one attached hydrogen (secondary N) is 1. The van der Waals surface area contributed by atoms with Gasteiger partial charge < -0.3 is 5.32 Å². The third kappa shape index (κ3) is 2.84. The Labute approximate surface area is 120 Å². The monoisotopic (exact) mass is 279 g/mol. The first-order valence-corrected chi connectivity index (χ1v) is 8.71. The van der Waals surface area contributed by atoms with E-state index >= 15 is 0 Å². The minimum absolute atomic E-state index is 0.549. The highest BCUT2D eigenvalue weighted by atomic mass is 32.2. The van der Waals surface area contributed by atoms with Crippen LogP contribution in [0.25, 0.3) is 0 Å². The number of hydrogen-bond donors (Lipinski definition) is 1. The van der Waals surface area contributed by atoms with Gasteiger partial charge >= 0.3 is 0 Å². The first kappa shape index (κ1) is 13.5. The van der Waals surface area contributed by atoms with E-state index in [1.54, 1.807) is 0 Å². The molecule has 3 atom stereocenters. The lowest BCUT2D eigenvalue weighted by atomic mass is 9.92. The SMILES string of the molecule is CCS[C@@H]1CC[C@@H](N[C@H]2CCCc3c2cnn3C)C1. The van der Waals surface area contributed by atoms with Gasteiger partial charge in [0.1, 0.15) is 0 Å². The molecule has 0 aliphatic heterocycles. The second kappa shape index (κ2) is 5.88. The van der Waals surface area contributed by atoms with Crippen molar-refractivity contribution in [2.24, 2.45) is 7.05 Å². The molecular weight excluding hydrogens is 254 g/mol. The average Bonchev–Trinajstić information content (AvgIpc) is 2.99. The minimum atomic E-state index is 0.549. The molecule has 1 heterocycles. The summed E-state index contributed by atoms with van der Waals surface area (Å²) < 4.78 is 2.06. The molecule has 106 valence electrons. The Kier molecular flexibility index (Phi) is 4.18. The van der Waals surface area contributed by atoms with Crippen molar-refractivity contribution in [1.29, 1.82) is 0 Å². The fraction of sp³-hybridized carbons (Fsp3) is 0.800. The van der Waals surface area contributed by atoms with Gasteiger partial charge in [-0.15, -0.1) is 0 Å². The fourth-order valence-electron chi connectivity index (χ4n) is 3.64. The maximum Gasteiger partial charge on any atom is 0.0540 e. The predicted molar refractivity (Wildman–Crippen MR) is 81.6 cm³/mol. The molecule has 1 aromatic heterocycles. The Morgan fingerprint density at radius 2 is 2.32 bits per heavy atom.